The standard InChI is InChI=1S/C6H4INS/c7-2-5-1-6(3-8)9-4-5/h1,4H,2H2. The maximum Gasteiger partial charge on any atom is 0.110 e. The highest BCUT2D eigenvalue weighted by Crippen LogP contribution is 2.15. The van der Waals surface area contributed by atoms with Crippen LogP contribution in [0, 0.1) is 11.3 Å². The first kappa shape index (κ1) is 7.03. The van der Waals surface area contributed by atoms with Crippen molar-refractivity contribution in [2.24, 2.45) is 0 Å². The first-order valence-corrected chi connectivity index (χ1v) is 4.81. The topological polar surface area (TPSA) is 23.8 Å². The predicted molar refractivity (Wildman–Crippen MR) is 46.8 cm³/mol. The van der Waals surface area contributed by atoms with Gasteiger partial charge in [0.2, 0.25) is 0 Å². The highest BCUT2D eigenvalue weighted by Gasteiger charge is 1.94. The minimum absolute atomic E-state index is 0.807. The molecule has 1 aromatic rings. The number of nitriles is 1. The second kappa shape index (κ2) is 3.18. The zero-order valence-electron chi connectivity index (χ0n) is 4.60. The number of alkyl halides is 1. The third-order valence-electron chi connectivity index (χ3n) is 0.918. The lowest BCUT2D eigenvalue weighted by Gasteiger charge is -1.77. The van der Waals surface area contributed by atoms with E-state index in [1.807, 2.05) is 11.4 Å². The number of hydrogen-bond donors (Lipinski definition) is 0. The van der Waals surface area contributed by atoms with Gasteiger partial charge in [0.15, 0.2) is 0 Å². The molecule has 0 amide bonds. The van der Waals surface area contributed by atoms with Crippen molar-refractivity contribution >= 4 is 33.9 Å². The summed E-state index contributed by atoms with van der Waals surface area (Å²) in [6.45, 7) is 0. The molecule has 0 aliphatic rings. The lowest BCUT2D eigenvalue weighted by molar-refractivity contribution is 1.49. The highest BCUT2D eigenvalue weighted by molar-refractivity contribution is 14.1. The molecule has 0 radical (unpaired) electrons. The predicted octanol–water partition coefficient (Wildman–Crippen LogP) is 2.55. The lowest BCUT2D eigenvalue weighted by atomic mass is 10.3. The molecule has 0 aliphatic carbocycles. The van der Waals surface area contributed by atoms with Crippen LogP contribution in [0.2, 0.25) is 0 Å². The molecule has 1 aromatic heterocycles. The Kier molecular flexibility index (Phi) is 2.49. The van der Waals surface area contributed by atoms with E-state index in [9.17, 15) is 0 Å². The number of hydrogen-bond acceptors (Lipinski definition) is 2. The summed E-state index contributed by atoms with van der Waals surface area (Å²) >= 11 is 3.79. The zero-order chi connectivity index (χ0) is 6.69. The molecule has 46 valence electrons. The van der Waals surface area contributed by atoms with Crippen LogP contribution in [0.4, 0.5) is 0 Å². The number of halogens is 1. The molecule has 0 aromatic carbocycles. The summed E-state index contributed by atoms with van der Waals surface area (Å²) in [4.78, 5) is 0.807. The van der Waals surface area contributed by atoms with Crippen LogP contribution in [0.1, 0.15) is 10.4 Å². The van der Waals surface area contributed by atoms with Crippen molar-refractivity contribution in [1.29, 1.82) is 5.26 Å². The van der Waals surface area contributed by atoms with E-state index >= 15 is 0 Å². The van der Waals surface area contributed by atoms with Gasteiger partial charge >= 0.3 is 0 Å². The minimum atomic E-state index is 0.807. The van der Waals surface area contributed by atoms with Gasteiger partial charge in [0.05, 0.1) is 0 Å². The smallest absolute Gasteiger partial charge is 0.110 e. The van der Waals surface area contributed by atoms with Gasteiger partial charge < -0.3 is 0 Å². The molecule has 1 nitrogen and oxygen atoms in total. The summed E-state index contributed by atoms with van der Waals surface area (Å²) in [6.07, 6.45) is 0. The molecule has 0 fully saturated rings. The summed E-state index contributed by atoms with van der Waals surface area (Å²) in [7, 11) is 0. The molecular formula is C6H4INS. The normalized spacial score (nSPS) is 8.89. The van der Waals surface area contributed by atoms with Crippen molar-refractivity contribution < 1.29 is 0 Å². The fourth-order valence-corrected chi connectivity index (χ4v) is 1.95. The van der Waals surface area contributed by atoms with Crippen LogP contribution in [0.25, 0.3) is 0 Å². The van der Waals surface area contributed by atoms with Crippen LogP contribution in [0.15, 0.2) is 11.4 Å². The lowest BCUT2D eigenvalue weighted by Crippen LogP contribution is -1.64. The van der Waals surface area contributed by atoms with Gasteiger partial charge in [0.1, 0.15) is 10.9 Å². The van der Waals surface area contributed by atoms with Gasteiger partial charge in [-0.2, -0.15) is 5.26 Å². The molecule has 0 saturated heterocycles. The van der Waals surface area contributed by atoms with Crippen molar-refractivity contribution in [1.82, 2.24) is 0 Å². The van der Waals surface area contributed by atoms with Crippen LogP contribution in [0.5, 0.6) is 0 Å². The molecule has 3 heteroatoms. The maximum absolute atomic E-state index is 8.40. The average Bonchev–Trinajstić information content (AvgIpc) is 2.34. The molecule has 0 spiro atoms. The molecule has 1 rings (SSSR count). The molecule has 0 N–H and O–H groups in total. The van der Waals surface area contributed by atoms with Crippen molar-refractivity contribution in [3.63, 3.8) is 0 Å². The third-order valence-corrected chi connectivity index (χ3v) is 2.68. The van der Waals surface area contributed by atoms with E-state index in [2.05, 4.69) is 28.7 Å². The molecular weight excluding hydrogens is 245 g/mol. The van der Waals surface area contributed by atoms with Gasteiger partial charge in [0, 0.05) is 4.43 Å². The summed E-state index contributed by atoms with van der Waals surface area (Å²) in [5.74, 6) is 0. The van der Waals surface area contributed by atoms with Gasteiger partial charge in [-0.25, -0.2) is 0 Å². The van der Waals surface area contributed by atoms with Crippen LogP contribution < -0.4 is 0 Å². The molecule has 9 heavy (non-hydrogen) atoms. The number of thiophene rings is 1. The summed E-state index contributed by atoms with van der Waals surface area (Å²) in [5, 5.41) is 10.4. The Balaban J connectivity index is 2.90. The van der Waals surface area contributed by atoms with E-state index < -0.39 is 0 Å². The SMILES string of the molecule is N#Cc1cc(CI)cs1. The highest BCUT2D eigenvalue weighted by atomic mass is 127. The van der Waals surface area contributed by atoms with Crippen molar-refractivity contribution in [2.75, 3.05) is 0 Å². The third kappa shape index (κ3) is 1.66. The van der Waals surface area contributed by atoms with Crippen LogP contribution in [-0.4, -0.2) is 0 Å². The van der Waals surface area contributed by atoms with Crippen molar-refractivity contribution in [2.45, 2.75) is 4.43 Å². The Morgan fingerprint density at radius 1 is 1.78 bits per heavy atom. The average molecular weight is 249 g/mol. The summed E-state index contributed by atoms with van der Waals surface area (Å²) in [6, 6.07) is 4.02. The summed E-state index contributed by atoms with van der Waals surface area (Å²) in [5.41, 5.74) is 1.25. The quantitative estimate of drug-likeness (QED) is 0.554. The Morgan fingerprint density at radius 2 is 2.56 bits per heavy atom. The largest absolute Gasteiger partial charge is 0.192 e. The fourth-order valence-electron chi connectivity index (χ4n) is 0.504. The second-order valence-electron chi connectivity index (χ2n) is 1.56. The van der Waals surface area contributed by atoms with E-state index in [-0.39, 0.29) is 0 Å². The first-order chi connectivity index (χ1) is 4.36. The van der Waals surface area contributed by atoms with E-state index in [0.717, 1.165) is 9.30 Å². The van der Waals surface area contributed by atoms with Gasteiger partial charge in [-0.05, 0) is 17.0 Å². The molecule has 0 saturated carbocycles. The van der Waals surface area contributed by atoms with Crippen LogP contribution in [0.3, 0.4) is 0 Å². The van der Waals surface area contributed by atoms with Crippen LogP contribution >= 0.6 is 33.9 Å². The van der Waals surface area contributed by atoms with Crippen molar-refractivity contribution in [3.8, 4) is 6.07 Å². The minimum Gasteiger partial charge on any atom is -0.192 e. The van der Waals surface area contributed by atoms with E-state index in [1.54, 1.807) is 0 Å². The Bertz CT molecular complexity index is 235. The van der Waals surface area contributed by atoms with Crippen molar-refractivity contribution in [3.05, 3.63) is 21.9 Å². The summed E-state index contributed by atoms with van der Waals surface area (Å²) < 4.78 is 0.996. The number of nitrogens with zero attached hydrogens (tertiary/aromatic N) is 1. The fraction of sp³-hybridized carbons (Fsp3) is 0.167. The zero-order valence-corrected chi connectivity index (χ0v) is 7.57. The molecule has 0 atom stereocenters. The molecule has 0 bridgehead atoms. The van der Waals surface area contributed by atoms with Gasteiger partial charge in [-0.1, -0.05) is 22.6 Å². The maximum atomic E-state index is 8.40. The number of rotatable bonds is 1. The Hall–Kier alpha value is -0.0800. The van der Waals surface area contributed by atoms with Crippen LogP contribution in [-0.2, 0) is 4.43 Å². The van der Waals surface area contributed by atoms with Gasteiger partial charge in [-0.3, -0.25) is 0 Å². The molecule has 0 aliphatic heterocycles. The Labute approximate surface area is 71.5 Å². The van der Waals surface area contributed by atoms with Gasteiger partial charge in [0.25, 0.3) is 0 Å². The second-order valence-corrected chi connectivity index (χ2v) is 3.24. The van der Waals surface area contributed by atoms with E-state index in [0.29, 0.717) is 0 Å². The Morgan fingerprint density at radius 3 is 2.89 bits per heavy atom. The monoisotopic (exact) mass is 249 g/mol. The molecule has 1 heterocycles. The van der Waals surface area contributed by atoms with E-state index in [1.165, 1.54) is 16.9 Å². The molecule has 0 unspecified atom stereocenters. The van der Waals surface area contributed by atoms with E-state index in [4.69, 9.17) is 5.26 Å². The van der Waals surface area contributed by atoms with Gasteiger partial charge in [-0.15, -0.1) is 11.3 Å². The first-order valence-electron chi connectivity index (χ1n) is 2.40.